The summed E-state index contributed by atoms with van der Waals surface area (Å²) in [6.45, 7) is -1.12. The van der Waals surface area contributed by atoms with E-state index >= 15 is 0 Å². The van der Waals surface area contributed by atoms with Gasteiger partial charge in [-0.3, -0.25) is 0 Å². The highest BCUT2D eigenvalue weighted by molar-refractivity contribution is 4.83. The van der Waals surface area contributed by atoms with E-state index in [0.717, 1.165) is 0 Å². The summed E-state index contributed by atoms with van der Waals surface area (Å²) < 4.78 is 35.7. The van der Waals surface area contributed by atoms with Crippen molar-refractivity contribution < 1.29 is 33.6 Å². The van der Waals surface area contributed by atoms with Crippen LogP contribution in [0.1, 0.15) is 4.11 Å². The first-order chi connectivity index (χ1) is 8.65. The lowest BCUT2D eigenvalue weighted by Gasteiger charge is -2.32. The molecular weight excluding hydrogens is 204 g/mol. The van der Waals surface area contributed by atoms with Gasteiger partial charge in [0.25, 0.3) is 0 Å². The van der Waals surface area contributed by atoms with Crippen molar-refractivity contribution in [3.63, 3.8) is 0 Å². The Labute approximate surface area is 93.6 Å². The van der Waals surface area contributed by atoms with Gasteiger partial charge in [-0.05, 0) is 0 Å². The molecule has 92 valence electrons. The Kier molecular flexibility index (Phi) is 5.29. The Bertz CT molecular complexity index is 199. The van der Waals surface area contributed by atoms with Gasteiger partial charge in [0.2, 0.25) is 0 Å². The highest BCUT2D eigenvalue weighted by Crippen LogP contribution is 2.13. The van der Waals surface area contributed by atoms with Gasteiger partial charge in [-0.25, -0.2) is 0 Å². The van der Waals surface area contributed by atoms with Crippen LogP contribution < -0.4 is 0 Å². The zero-order valence-corrected chi connectivity index (χ0v) is 8.41. The molecule has 0 aromatic heterocycles. The molecule has 0 rings (SSSR count). The van der Waals surface area contributed by atoms with Crippen molar-refractivity contribution in [1.82, 2.24) is 0 Å². The number of hydrogen-bond donors (Lipinski definition) is 3. The predicted octanol–water partition coefficient (Wildman–Crippen LogP) is -1.62. The zero-order valence-electron chi connectivity index (χ0n) is 11.4. The highest BCUT2D eigenvalue weighted by Gasteiger charge is 2.34. The fourth-order valence-corrected chi connectivity index (χ4v) is 1.19. The first kappa shape index (κ1) is 9.95. The highest BCUT2D eigenvalue weighted by atomic mass is 16.6. The molecule has 3 N–H and O–H groups in total. The van der Waals surface area contributed by atoms with E-state index in [4.69, 9.17) is 28.5 Å². The van der Waals surface area contributed by atoms with Crippen LogP contribution in [0.15, 0.2) is 0 Å². The second-order valence-corrected chi connectivity index (χ2v) is 2.90. The Balaban J connectivity index is 4.85. The Morgan fingerprint density at radius 3 is 2.07 bits per heavy atom. The predicted molar refractivity (Wildman–Crippen MR) is 52.6 cm³/mol. The summed E-state index contributed by atoms with van der Waals surface area (Å²) in [5.41, 5.74) is 0. The molecule has 0 radical (unpaired) electrons. The standard InChI is InChI=1S/C9H20O6/c1-13-7(5-11)9(15-3)8(14-2)6(12)4-10/h6-12H,4-5H2,1-3H3/t6-,7+,8+,9-/m1/s1/i1D,2D,3D. The van der Waals surface area contributed by atoms with E-state index in [1.165, 1.54) is 0 Å². The molecule has 0 aromatic carbocycles. The molecule has 0 heterocycles. The molecule has 0 saturated carbocycles. The minimum Gasteiger partial charge on any atom is -0.394 e. The number of rotatable bonds is 8. The van der Waals surface area contributed by atoms with E-state index in [9.17, 15) is 5.11 Å². The van der Waals surface area contributed by atoms with Crippen LogP contribution in [0.2, 0.25) is 0 Å². The third-order valence-corrected chi connectivity index (χ3v) is 2.04. The van der Waals surface area contributed by atoms with Crippen molar-refractivity contribution >= 4 is 0 Å². The number of aliphatic hydroxyl groups is 3. The third-order valence-electron chi connectivity index (χ3n) is 2.04. The van der Waals surface area contributed by atoms with Crippen LogP contribution in [0.4, 0.5) is 0 Å². The van der Waals surface area contributed by atoms with E-state index in [1.54, 1.807) is 0 Å². The second-order valence-electron chi connectivity index (χ2n) is 2.90. The summed E-state index contributed by atoms with van der Waals surface area (Å²) in [6.07, 6.45) is -4.49. The van der Waals surface area contributed by atoms with Gasteiger partial charge in [0.15, 0.2) is 0 Å². The molecule has 0 saturated heterocycles. The van der Waals surface area contributed by atoms with Gasteiger partial charge in [-0.15, -0.1) is 0 Å². The Morgan fingerprint density at radius 2 is 1.60 bits per heavy atom. The van der Waals surface area contributed by atoms with Gasteiger partial charge >= 0.3 is 0 Å². The fraction of sp³-hybridized carbons (Fsp3) is 1.00. The van der Waals surface area contributed by atoms with Gasteiger partial charge in [-0.1, -0.05) is 0 Å². The SMILES string of the molecule is [2H]CO[C@H]([C@H](OC[2H])[C@H](CO)OC[2H])[C@H](O)CO. The summed E-state index contributed by atoms with van der Waals surface area (Å²) in [6, 6.07) is 0. The van der Waals surface area contributed by atoms with Crippen LogP contribution >= 0.6 is 0 Å². The Morgan fingerprint density at radius 1 is 1.00 bits per heavy atom. The summed E-state index contributed by atoms with van der Waals surface area (Å²) in [4.78, 5) is 0. The van der Waals surface area contributed by atoms with Crippen molar-refractivity contribution in [3.8, 4) is 0 Å². The maximum Gasteiger partial charge on any atom is 0.114 e. The van der Waals surface area contributed by atoms with Crippen molar-refractivity contribution in [2.75, 3.05) is 34.5 Å². The van der Waals surface area contributed by atoms with Gasteiger partial charge in [-0.2, -0.15) is 0 Å². The van der Waals surface area contributed by atoms with Crippen LogP contribution in [0.5, 0.6) is 0 Å². The minimum absolute atomic E-state index is 0.439. The lowest BCUT2D eigenvalue weighted by atomic mass is 10.0. The van der Waals surface area contributed by atoms with Crippen LogP contribution in [-0.4, -0.2) is 74.2 Å². The van der Waals surface area contributed by atoms with Gasteiger partial charge in [0.1, 0.15) is 24.4 Å². The number of methoxy groups -OCH3 is 3. The summed E-state index contributed by atoms with van der Waals surface area (Å²) in [5, 5.41) is 27.6. The molecule has 6 nitrogen and oxygen atoms in total. The average Bonchev–Trinajstić information content (AvgIpc) is 2.39. The molecule has 0 unspecified atom stereocenters. The molecule has 0 amide bonds. The number of ether oxygens (including phenoxy) is 3. The second kappa shape index (κ2) is 7.98. The van der Waals surface area contributed by atoms with E-state index < -0.39 is 58.9 Å². The normalized spacial score (nSPS) is 22.2. The lowest BCUT2D eigenvalue weighted by molar-refractivity contribution is -0.156. The molecule has 6 heteroatoms. The van der Waals surface area contributed by atoms with Gasteiger partial charge in [0.05, 0.1) is 17.3 Å². The van der Waals surface area contributed by atoms with Crippen LogP contribution in [0.25, 0.3) is 0 Å². The van der Waals surface area contributed by atoms with Gasteiger partial charge in [0, 0.05) is 21.3 Å². The molecule has 15 heavy (non-hydrogen) atoms. The molecule has 0 spiro atoms. The molecule has 0 aliphatic rings. The number of aliphatic hydroxyl groups excluding tert-OH is 3. The molecule has 0 aliphatic heterocycles. The van der Waals surface area contributed by atoms with Crippen LogP contribution in [0.3, 0.4) is 0 Å². The third kappa shape index (κ3) is 4.02. The molecular formula is C9H20O6. The average molecular weight is 227 g/mol. The van der Waals surface area contributed by atoms with E-state index in [2.05, 4.69) is 0 Å². The molecule has 0 bridgehead atoms. The summed E-state index contributed by atoms with van der Waals surface area (Å²) >= 11 is 0. The number of hydrogen-bond acceptors (Lipinski definition) is 6. The maximum absolute atomic E-state index is 9.57. The summed E-state index contributed by atoms with van der Waals surface area (Å²) in [5.74, 6) is 0. The largest absolute Gasteiger partial charge is 0.394 e. The van der Waals surface area contributed by atoms with E-state index in [0.29, 0.717) is 0 Å². The van der Waals surface area contributed by atoms with Crippen molar-refractivity contribution in [1.29, 1.82) is 0 Å². The van der Waals surface area contributed by atoms with Crippen LogP contribution in [0, 0.1) is 0 Å². The van der Waals surface area contributed by atoms with E-state index in [-0.39, 0.29) is 0 Å². The quantitative estimate of drug-likeness (QED) is 0.462. The lowest BCUT2D eigenvalue weighted by Crippen LogP contribution is -2.49. The Hall–Kier alpha value is -0.240. The molecule has 4 atom stereocenters. The minimum atomic E-state index is -1.34. The fourth-order valence-electron chi connectivity index (χ4n) is 1.19. The monoisotopic (exact) mass is 227 g/mol. The zero-order chi connectivity index (χ0) is 14.0. The molecule has 0 aromatic rings. The van der Waals surface area contributed by atoms with Gasteiger partial charge < -0.3 is 29.5 Å². The molecule has 0 aliphatic carbocycles. The molecule has 0 fully saturated rings. The van der Waals surface area contributed by atoms with Crippen molar-refractivity contribution in [2.24, 2.45) is 0 Å². The topological polar surface area (TPSA) is 88.4 Å². The smallest absolute Gasteiger partial charge is 0.114 e. The first-order valence-electron chi connectivity index (χ1n) is 6.40. The maximum atomic E-state index is 9.57. The summed E-state index contributed by atoms with van der Waals surface area (Å²) in [7, 11) is -1.40. The van der Waals surface area contributed by atoms with E-state index in [1.807, 2.05) is 0 Å². The van der Waals surface area contributed by atoms with Crippen molar-refractivity contribution in [3.05, 3.63) is 0 Å². The van der Waals surface area contributed by atoms with Crippen LogP contribution in [-0.2, 0) is 14.2 Å². The first-order valence-corrected chi connectivity index (χ1v) is 4.28. The van der Waals surface area contributed by atoms with Crippen molar-refractivity contribution in [2.45, 2.75) is 24.4 Å².